The summed E-state index contributed by atoms with van der Waals surface area (Å²) in [7, 11) is 1.69. The lowest BCUT2D eigenvalue weighted by Crippen LogP contribution is -2.19. The van der Waals surface area contributed by atoms with Gasteiger partial charge in [0.05, 0.1) is 7.11 Å². The molecule has 3 heteroatoms. The molecule has 0 saturated carbocycles. The topological polar surface area (TPSA) is 21.3 Å². The van der Waals surface area contributed by atoms with Crippen LogP contribution in [0, 0.1) is 5.92 Å². The third-order valence-corrected chi connectivity index (χ3v) is 2.89. The van der Waals surface area contributed by atoms with Crippen molar-refractivity contribution in [2.45, 2.75) is 20.4 Å². The van der Waals surface area contributed by atoms with Gasteiger partial charge < -0.3 is 10.1 Å². The Balaban J connectivity index is 2.59. The van der Waals surface area contributed by atoms with Gasteiger partial charge in [-0.15, -0.1) is 0 Å². The van der Waals surface area contributed by atoms with Crippen molar-refractivity contribution in [2.75, 3.05) is 13.7 Å². The van der Waals surface area contributed by atoms with Crippen molar-refractivity contribution in [1.29, 1.82) is 0 Å². The zero-order valence-electron chi connectivity index (χ0n) is 9.51. The van der Waals surface area contributed by atoms with E-state index in [0.717, 1.165) is 23.3 Å². The number of nitrogens with one attached hydrogen (secondary N) is 1. The quantitative estimate of drug-likeness (QED) is 0.888. The predicted octanol–water partition coefficient (Wildman–Crippen LogP) is 3.20. The molecule has 0 aliphatic heterocycles. The van der Waals surface area contributed by atoms with Crippen LogP contribution in [-0.4, -0.2) is 13.7 Å². The maximum Gasteiger partial charge on any atom is 0.119 e. The molecule has 0 spiro atoms. The highest BCUT2D eigenvalue weighted by atomic mass is 79.9. The molecule has 1 aromatic carbocycles. The second-order valence-electron chi connectivity index (χ2n) is 3.98. The summed E-state index contributed by atoms with van der Waals surface area (Å²) >= 11 is 3.53. The first-order chi connectivity index (χ1) is 7.13. The molecular formula is C12H18BrNO. The second kappa shape index (κ2) is 6.13. The molecule has 1 N–H and O–H groups in total. The summed E-state index contributed by atoms with van der Waals surface area (Å²) in [4.78, 5) is 0. The molecule has 0 amide bonds. The van der Waals surface area contributed by atoms with Crippen LogP contribution in [0.3, 0.4) is 0 Å². The van der Waals surface area contributed by atoms with Crippen LogP contribution in [0.2, 0.25) is 0 Å². The molecule has 0 aliphatic carbocycles. The summed E-state index contributed by atoms with van der Waals surface area (Å²) in [5.74, 6) is 1.58. The maximum atomic E-state index is 5.19. The smallest absolute Gasteiger partial charge is 0.119 e. The molecule has 0 bridgehead atoms. The number of hydrogen-bond donors (Lipinski definition) is 1. The van der Waals surface area contributed by atoms with E-state index in [0.29, 0.717) is 5.92 Å². The third kappa shape index (κ3) is 4.22. The minimum atomic E-state index is 0.675. The van der Waals surface area contributed by atoms with Gasteiger partial charge in [-0.25, -0.2) is 0 Å². The molecule has 1 aromatic rings. The van der Waals surface area contributed by atoms with Gasteiger partial charge >= 0.3 is 0 Å². The molecule has 84 valence electrons. The molecule has 0 atom stereocenters. The van der Waals surface area contributed by atoms with Gasteiger partial charge in [-0.2, -0.15) is 0 Å². The molecule has 0 saturated heterocycles. The van der Waals surface area contributed by atoms with E-state index in [1.165, 1.54) is 5.56 Å². The van der Waals surface area contributed by atoms with Crippen LogP contribution in [0.15, 0.2) is 22.7 Å². The SMILES string of the molecule is COc1ccc(Br)c(CNCC(C)C)c1. The first-order valence-corrected chi connectivity index (χ1v) is 5.96. The maximum absolute atomic E-state index is 5.19. The Labute approximate surface area is 100 Å². The van der Waals surface area contributed by atoms with Gasteiger partial charge in [-0.05, 0) is 36.2 Å². The number of rotatable bonds is 5. The van der Waals surface area contributed by atoms with E-state index >= 15 is 0 Å². The molecular weight excluding hydrogens is 254 g/mol. The number of hydrogen-bond acceptors (Lipinski definition) is 2. The molecule has 0 unspecified atom stereocenters. The molecule has 2 nitrogen and oxygen atoms in total. The van der Waals surface area contributed by atoms with E-state index in [4.69, 9.17) is 4.74 Å². The van der Waals surface area contributed by atoms with Gasteiger partial charge in [0.1, 0.15) is 5.75 Å². The average molecular weight is 272 g/mol. The van der Waals surface area contributed by atoms with Crippen LogP contribution in [0.25, 0.3) is 0 Å². The number of ether oxygens (including phenoxy) is 1. The largest absolute Gasteiger partial charge is 0.497 e. The van der Waals surface area contributed by atoms with E-state index < -0.39 is 0 Å². The molecule has 0 radical (unpaired) electrons. The lowest BCUT2D eigenvalue weighted by molar-refractivity contribution is 0.414. The van der Waals surface area contributed by atoms with E-state index in [2.05, 4.69) is 41.2 Å². The normalized spacial score (nSPS) is 10.7. The highest BCUT2D eigenvalue weighted by Gasteiger charge is 2.02. The number of benzene rings is 1. The summed E-state index contributed by atoms with van der Waals surface area (Å²) in [5, 5.41) is 3.41. The standard InChI is InChI=1S/C12H18BrNO/c1-9(2)7-14-8-10-6-11(15-3)4-5-12(10)13/h4-6,9,14H,7-8H2,1-3H3. The summed E-state index contributed by atoms with van der Waals surface area (Å²) in [5.41, 5.74) is 1.23. The summed E-state index contributed by atoms with van der Waals surface area (Å²) in [6, 6.07) is 6.03. The Bertz CT molecular complexity index is 312. The van der Waals surface area contributed by atoms with Crippen LogP contribution < -0.4 is 10.1 Å². The van der Waals surface area contributed by atoms with Gasteiger partial charge in [-0.3, -0.25) is 0 Å². The lowest BCUT2D eigenvalue weighted by atomic mass is 10.2. The van der Waals surface area contributed by atoms with Crippen molar-refractivity contribution in [3.63, 3.8) is 0 Å². The van der Waals surface area contributed by atoms with Crippen molar-refractivity contribution in [3.8, 4) is 5.75 Å². The minimum Gasteiger partial charge on any atom is -0.497 e. The first-order valence-electron chi connectivity index (χ1n) is 5.16. The highest BCUT2D eigenvalue weighted by Crippen LogP contribution is 2.22. The van der Waals surface area contributed by atoms with Gasteiger partial charge in [0.2, 0.25) is 0 Å². The van der Waals surface area contributed by atoms with Gasteiger partial charge in [-0.1, -0.05) is 29.8 Å². The van der Waals surface area contributed by atoms with Crippen molar-refractivity contribution in [2.24, 2.45) is 5.92 Å². The van der Waals surface area contributed by atoms with E-state index in [1.54, 1.807) is 7.11 Å². The zero-order chi connectivity index (χ0) is 11.3. The monoisotopic (exact) mass is 271 g/mol. The summed E-state index contributed by atoms with van der Waals surface area (Å²) in [6.07, 6.45) is 0. The van der Waals surface area contributed by atoms with Crippen molar-refractivity contribution >= 4 is 15.9 Å². The fourth-order valence-corrected chi connectivity index (χ4v) is 1.70. The van der Waals surface area contributed by atoms with Crippen LogP contribution in [0.4, 0.5) is 0 Å². The Hall–Kier alpha value is -0.540. The van der Waals surface area contributed by atoms with Crippen LogP contribution >= 0.6 is 15.9 Å². The molecule has 15 heavy (non-hydrogen) atoms. The number of halogens is 1. The van der Waals surface area contributed by atoms with Crippen LogP contribution in [-0.2, 0) is 6.54 Å². The molecule has 0 fully saturated rings. The Kier molecular flexibility index (Phi) is 5.12. The zero-order valence-corrected chi connectivity index (χ0v) is 11.1. The second-order valence-corrected chi connectivity index (χ2v) is 4.84. The van der Waals surface area contributed by atoms with E-state index in [1.807, 2.05) is 12.1 Å². The van der Waals surface area contributed by atoms with Gasteiger partial charge in [0.15, 0.2) is 0 Å². The third-order valence-electron chi connectivity index (χ3n) is 2.12. The van der Waals surface area contributed by atoms with Gasteiger partial charge in [0.25, 0.3) is 0 Å². The average Bonchev–Trinajstić information content (AvgIpc) is 2.20. The first kappa shape index (κ1) is 12.5. The Morgan fingerprint density at radius 2 is 2.13 bits per heavy atom. The summed E-state index contributed by atoms with van der Waals surface area (Å²) in [6.45, 7) is 6.31. The van der Waals surface area contributed by atoms with Crippen LogP contribution in [0.1, 0.15) is 19.4 Å². The van der Waals surface area contributed by atoms with E-state index in [9.17, 15) is 0 Å². The van der Waals surface area contributed by atoms with Crippen molar-refractivity contribution < 1.29 is 4.74 Å². The van der Waals surface area contributed by atoms with Crippen LogP contribution in [0.5, 0.6) is 5.75 Å². The molecule has 0 aliphatic rings. The van der Waals surface area contributed by atoms with Crippen molar-refractivity contribution in [3.05, 3.63) is 28.2 Å². The fraction of sp³-hybridized carbons (Fsp3) is 0.500. The lowest BCUT2D eigenvalue weighted by Gasteiger charge is -2.10. The van der Waals surface area contributed by atoms with Gasteiger partial charge in [0, 0.05) is 11.0 Å². The van der Waals surface area contributed by atoms with E-state index in [-0.39, 0.29) is 0 Å². The Morgan fingerprint density at radius 3 is 2.73 bits per heavy atom. The molecule has 1 rings (SSSR count). The number of methoxy groups -OCH3 is 1. The molecule has 0 aromatic heterocycles. The Morgan fingerprint density at radius 1 is 1.40 bits per heavy atom. The highest BCUT2D eigenvalue weighted by molar-refractivity contribution is 9.10. The summed E-state index contributed by atoms with van der Waals surface area (Å²) < 4.78 is 6.31. The predicted molar refractivity (Wildman–Crippen MR) is 67.2 cm³/mol. The minimum absolute atomic E-state index is 0.675. The molecule has 0 heterocycles. The fourth-order valence-electron chi connectivity index (χ4n) is 1.31. The van der Waals surface area contributed by atoms with Crippen molar-refractivity contribution in [1.82, 2.24) is 5.32 Å².